The lowest BCUT2D eigenvalue weighted by Gasteiger charge is -2.13. The van der Waals surface area contributed by atoms with Gasteiger partial charge in [-0.15, -0.1) is 0 Å². The van der Waals surface area contributed by atoms with Gasteiger partial charge in [0.25, 0.3) is 0 Å². The Morgan fingerprint density at radius 3 is 2.68 bits per heavy atom. The average Bonchev–Trinajstić information content (AvgIpc) is 2.34. The second-order valence-corrected chi connectivity index (χ2v) is 5.25. The van der Waals surface area contributed by atoms with Gasteiger partial charge in [0.2, 0.25) is 11.8 Å². The van der Waals surface area contributed by atoms with Crippen LogP contribution in [-0.2, 0) is 0 Å². The average molecular weight is 323 g/mol. The monoisotopic (exact) mass is 322 g/mol. The first-order valence-electron chi connectivity index (χ1n) is 5.71. The van der Waals surface area contributed by atoms with Gasteiger partial charge in [-0.2, -0.15) is 4.98 Å². The molecule has 5 nitrogen and oxygen atoms in total. The molecule has 2 rings (SSSR count). The van der Waals surface area contributed by atoms with Crippen molar-refractivity contribution in [3.05, 3.63) is 34.4 Å². The fraction of sp³-hybridized carbons (Fsp3) is 0.231. The van der Waals surface area contributed by atoms with E-state index in [1.54, 1.807) is 18.3 Å². The predicted octanol–water partition coefficient (Wildman–Crippen LogP) is 2.99. The number of hydrogen-bond donors (Lipinski definition) is 1. The quantitative estimate of drug-likeness (QED) is 0.880. The van der Waals surface area contributed by atoms with E-state index in [1.165, 1.54) is 0 Å². The number of nitrogens with two attached hydrogens (primary N) is 1. The molecule has 0 aliphatic rings. The molecule has 2 aromatic rings. The highest BCUT2D eigenvalue weighted by atomic mass is 79.9. The van der Waals surface area contributed by atoms with E-state index < -0.39 is 0 Å². The first kappa shape index (κ1) is 13.6. The van der Waals surface area contributed by atoms with E-state index in [0.717, 1.165) is 10.0 Å². The van der Waals surface area contributed by atoms with E-state index in [9.17, 15) is 0 Å². The smallest absolute Gasteiger partial charge is 0.228 e. The molecule has 100 valence electrons. The van der Waals surface area contributed by atoms with Crippen LogP contribution in [0.15, 0.2) is 28.9 Å². The molecule has 0 radical (unpaired) electrons. The van der Waals surface area contributed by atoms with Crippen molar-refractivity contribution in [3.8, 4) is 11.6 Å². The van der Waals surface area contributed by atoms with Gasteiger partial charge in [0.15, 0.2) is 5.75 Å². The Bertz CT molecular complexity index is 578. The summed E-state index contributed by atoms with van der Waals surface area (Å²) >= 11 is 3.40. The zero-order chi connectivity index (χ0) is 14.0. The number of nitrogen functional groups attached to an aromatic ring is 1. The summed E-state index contributed by atoms with van der Waals surface area (Å²) < 4.78 is 6.68. The van der Waals surface area contributed by atoms with Crippen molar-refractivity contribution in [1.29, 1.82) is 0 Å². The van der Waals surface area contributed by atoms with Gasteiger partial charge in [-0.1, -0.05) is 15.9 Å². The van der Waals surface area contributed by atoms with E-state index in [1.807, 2.05) is 32.0 Å². The summed E-state index contributed by atoms with van der Waals surface area (Å²) in [4.78, 5) is 10.2. The molecule has 0 aliphatic carbocycles. The maximum Gasteiger partial charge on any atom is 0.228 e. The molecule has 0 saturated carbocycles. The Morgan fingerprint density at radius 1 is 1.32 bits per heavy atom. The lowest BCUT2D eigenvalue weighted by Crippen LogP contribution is -2.12. The maximum atomic E-state index is 5.96. The molecule has 2 N–H and O–H groups in total. The highest BCUT2D eigenvalue weighted by molar-refractivity contribution is 9.10. The third kappa shape index (κ3) is 3.14. The van der Waals surface area contributed by atoms with Crippen molar-refractivity contribution >= 4 is 27.6 Å². The lowest BCUT2D eigenvalue weighted by molar-refractivity contribution is 0.460. The fourth-order valence-electron chi connectivity index (χ4n) is 1.60. The third-order valence-electron chi connectivity index (χ3n) is 2.49. The molecule has 0 spiro atoms. The Morgan fingerprint density at radius 2 is 2.05 bits per heavy atom. The van der Waals surface area contributed by atoms with E-state index in [0.29, 0.717) is 23.3 Å². The molecule has 0 unspecified atom stereocenters. The largest absolute Gasteiger partial charge is 0.436 e. The van der Waals surface area contributed by atoms with Crippen LogP contribution in [-0.4, -0.2) is 24.1 Å². The van der Waals surface area contributed by atoms with Gasteiger partial charge in [-0.05, 0) is 24.6 Å². The number of ether oxygens (including phenoxy) is 1. The van der Waals surface area contributed by atoms with Crippen LogP contribution in [0.1, 0.15) is 5.56 Å². The fourth-order valence-corrected chi connectivity index (χ4v) is 2.19. The second-order valence-electron chi connectivity index (χ2n) is 4.33. The van der Waals surface area contributed by atoms with Crippen molar-refractivity contribution in [2.24, 2.45) is 0 Å². The highest BCUT2D eigenvalue weighted by Gasteiger charge is 2.09. The van der Waals surface area contributed by atoms with Gasteiger partial charge in [-0.3, -0.25) is 0 Å². The van der Waals surface area contributed by atoms with E-state index in [2.05, 4.69) is 25.9 Å². The summed E-state index contributed by atoms with van der Waals surface area (Å²) in [5.74, 6) is 1.67. The van der Waals surface area contributed by atoms with Crippen LogP contribution in [0.25, 0.3) is 0 Å². The standard InChI is InChI=1S/C13H15BrN4O/c1-8-6-9(14)7-10(15)12(8)19-11-4-5-16-13(17-11)18(2)3/h4-7H,15H2,1-3H3. The summed E-state index contributed by atoms with van der Waals surface area (Å²) in [6, 6.07) is 5.45. The molecule has 0 aliphatic heterocycles. The number of halogens is 1. The molecule has 0 atom stereocenters. The minimum atomic E-state index is 0.468. The van der Waals surface area contributed by atoms with Crippen molar-refractivity contribution in [3.63, 3.8) is 0 Å². The molecule has 19 heavy (non-hydrogen) atoms. The van der Waals surface area contributed by atoms with Crippen LogP contribution < -0.4 is 15.4 Å². The van der Waals surface area contributed by atoms with Gasteiger partial charge < -0.3 is 15.4 Å². The van der Waals surface area contributed by atoms with E-state index in [4.69, 9.17) is 10.5 Å². The summed E-state index contributed by atoms with van der Waals surface area (Å²) in [6.07, 6.45) is 1.65. The molecule has 6 heteroatoms. The lowest BCUT2D eigenvalue weighted by atomic mass is 10.2. The normalized spacial score (nSPS) is 10.3. The molecule has 0 saturated heterocycles. The predicted molar refractivity (Wildman–Crippen MR) is 79.7 cm³/mol. The first-order valence-corrected chi connectivity index (χ1v) is 6.50. The summed E-state index contributed by atoms with van der Waals surface area (Å²) in [6.45, 7) is 1.94. The van der Waals surface area contributed by atoms with Gasteiger partial charge in [-0.25, -0.2) is 4.98 Å². The van der Waals surface area contributed by atoms with Crippen LogP contribution >= 0.6 is 15.9 Å². The number of aromatic nitrogens is 2. The summed E-state index contributed by atoms with van der Waals surface area (Å²) in [5.41, 5.74) is 7.47. The van der Waals surface area contributed by atoms with Gasteiger partial charge in [0.05, 0.1) is 5.69 Å². The molecular weight excluding hydrogens is 308 g/mol. The molecule has 1 aromatic carbocycles. The number of benzene rings is 1. The minimum absolute atomic E-state index is 0.468. The van der Waals surface area contributed by atoms with E-state index >= 15 is 0 Å². The van der Waals surface area contributed by atoms with E-state index in [-0.39, 0.29) is 0 Å². The van der Waals surface area contributed by atoms with Crippen LogP contribution in [0, 0.1) is 6.92 Å². The van der Waals surface area contributed by atoms with Gasteiger partial charge >= 0.3 is 0 Å². The Kier molecular flexibility index (Phi) is 3.90. The molecule has 1 heterocycles. The van der Waals surface area contributed by atoms with Crippen molar-refractivity contribution in [2.45, 2.75) is 6.92 Å². The summed E-state index contributed by atoms with van der Waals surface area (Å²) in [7, 11) is 3.75. The summed E-state index contributed by atoms with van der Waals surface area (Å²) in [5, 5.41) is 0. The zero-order valence-electron chi connectivity index (χ0n) is 11.0. The van der Waals surface area contributed by atoms with Crippen LogP contribution in [0.4, 0.5) is 11.6 Å². The third-order valence-corrected chi connectivity index (χ3v) is 2.95. The topological polar surface area (TPSA) is 64.3 Å². The number of nitrogens with zero attached hydrogens (tertiary/aromatic N) is 3. The number of hydrogen-bond acceptors (Lipinski definition) is 5. The second kappa shape index (κ2) is 5.44. The zero-order valence-corrected chi connectivity index (χ0v) is 12.6. The van der Waals surface area contributed by atoms with Crippen molar-refractivity contribution in [2.75, 3.05) is 24.7 Å². The van der Waals surface area contributed by atoms with Gasteiger partial charge in [0.1, 0.15) is 0 Å². The van der Waals surface area contributed by atoms with Crippen LogP contribution in [0.2, 0.25) is 0 Å². The number of anilines is 2. The molecule has 0 fully saturated rings. The maximum absolute atomic E-state index is 5.96. The van der Waals surface area contributed by atoms with Gasteiger partial charge in [0, 0.05) is 30.8 Å². The SMILES string of the molecule is Cc1cc(Br)cc(N)c1Oc1ccnc(N(C)C)n1. The molecule has 1 aromatic heterocycles. The van der Waals surface area contributed by atoms with Crippen LogP contribution in [0.3, 0.4) is 0 Å². The Labute approximate surface area is 120 Å². The van der Waals surface area contributed by atoms with Crippen LogP contribution in [0.5, 0.6) is 11.6 Å². The Hall–Kier alpha value is -1.82. The molecule has 0 bridgehead atoms. The van der Waals surface area contributed by atoms with Crippen molar-refractivity contribution < 1.29 is 4.74 Å². The first-order chi connectivity index (χ1) is 8.97. The Balaban J connectivity index is 2.34. The molecular formula is C13H15BrN4O. The van der Waals surface area contributed by atoms with Crippen molar-refractivity contribution in [1.82, 2.24) is 9.97 Å². The molecule has 0 amide bonds. The number of rotatable bonds is 3. The number of aryl methyl sites for hydroxylation is 1. The minimum Gasteiger partial charge on any atom is -0.436 e. The highest BCUT2D eigenvalue weighted by Crippen LogP contribution is 2.33.